The van der Waals surface area contributed by atoms with Gasteiger partial charge in [0.25, 0.3) is 5.91 Å². The van der Waals surface area contributed by atoms with Gasteiger partial charge in [-0.15, -0.1) is 0 Å². The Kier molecular flexibility index (Phi) is 5.10. The van der Waals surface area contributed by atoms with Gasteiger partial charge in [-0.25, -0.2) is 4.90 Å². The molecule has 2 saturated heterocycles. The topological polar surface area (TPSA) is 64.7 Å². The molecular formula is C22H24ClN3O4+2. The number of nitrogens with one attached hydrogen (secondary N) is 2. The molecule has 7 nitrogen and oxygen atoms in total. The molecular weight excluding hydrogens is 406 g/mol. The molecule has 0 aromatic heterocycles. The zero-order valence-corrected chi connectivity index (χ0v) is 17.3. The molecule has 30 heavy (non-hydrogen) atoms. The minimum absolute atomic E-state index is 0.114. The predicted molar refractivity (Wildman–Crippen MR) is 110 cm³/mol. The summed E-state index contributed by atoms with van der Waals surface area (Å²) in [7, 11) is 0. The number of carbonyl (C=O) groups excluding carboxylic acids is 2. The van der Waals surface area contributed by atoms with Crippen LogP contribution < -0.4 is 24.2 Å². The number of hydrogen-bond acceptors (Lipinski definition) is 4. The van der Waals surface area contributed by atoms with Crippen LogP contribution in [0.4, 0.5) is 5.69 Å². The first-order valence-corrected chi connectivity index (χ1v) is 10.7. The minimum atomic E-state index is -0.302. The van der Waals surface area contributed by atoms with E-state index in [1.165, 1.54) is 20.3 Å². The summed E-state index contributed by atoms with van der Waals surface area (Å²) < 4.78 is 10.8. The van der Waals surface area contributed by atoms with Gasteiger partial charge in [0, 0.05) is 10.6 Å². The van der Waals surface area contributed by atoms with Gasteiger partial charge in [-0.05, 0) is 36.4 Å². The van der Waals surface area contributed by atoms with E-state index < -0.39 is 0 Å². The van der Waals surface area contributed by atoms with Gasteiger partial charge in [0.2, 0.25) is 12.7 Å². The van der Waals surface area contributed by atoms with Crippen LogP contribution in [-0.2, 0) is 16.1 Å². The lowest BCUT2D eigenvalue weighted by atomic mass is 10.1. The summed E-state index contributed by atoms with van der Waals surface area (Å²) in [6, 6.07) is 12.7. The summed E-state index contributed by atoms with van der Waals surface area (Å²) >= 11 is 6.05. The van der Waals surface area contributed by atoms with Crippen molar-refractivity contribution < 1.29 is 28.9 Å². The number of carbonyl (C=O) groups is 2. The molecule has 2 aromatic carbocycles. The Morgan fingerprint density at radius 2 is 1.80 bits per heavy atom. The van der Waals surface area contributed by atoms with Crippen molar-refractivity contribution >= 4 is 29.1 Å². The van der Waals surface area contributed by atoms with Gasteiger partial charge in [0.05, 0.1) is 12.1 Å². The van der Waals surface area contributed by atoms with Crippen LogP contribution in [0.25, 0.3) is 0 Å². The van der Waals surface area contributed by atoms with Crippen molar-refractivity contribution in [2.45, 2.75) is 19.0 Å². The highest BCUT2D eigenvalue weighted by atomic mass is 35.5. The maximum Gasteiger partial charge on any atom is 0.292 e. The van der Waals surface area contributed by atoms with Gasteiger partial charge in [0.1, 0.15) is 32.7 Å². The van der Waals surface area contributed by atoms with E-state index in [0.717, 1.165) is 44.2 Å². The number of anilines is 1. The van der Waals surface area contributed by atoms with Crippen LogP contribution in [0, 0.1) is 0 Å². The lowest BCUT2D eigenvalue weighted by Gasteiger charge is -2.32. The molecule has 0 saturated carbocycles. The van der Waals surface area contributed by atoms with Gasteiger partial charge >= 0.3 is 0 Å². The van der Waals surface area contributed by atoms with Gasteiger partial charge in [-0.1, -0.05) is 17.7 Å². The number of nitrogens with zero attached hydrogens (tertiary/aromatic N) is 1. The second-order valence-corrected chi connectivity index (χ2v) is 8.51. The first-order chi connectivity index (χ1) is 14.6. The zero-order chi connectivity index (χ0) is 20.7. The molecule has 0 unspecified atom stereocenters. The summed E-state index contributed by atoms with van der Waals surface area (Å²) in [5.41, 5.74) is 1.78. The molecule has 2 aromatic rings. The molecule has 0 aliphatic carbocycles. The molecule has 8 heteroatoms. The van der Waals surface area contributed by atoms with Crippen molar-refractivity contribution in [3.8, 4) is 11.5 Å². The second kappa shape index (κ2) is 7.91. The Morgan fingerprint density at radius 1 is 1.00 bits per heavy atom. The van der Waals surface area contributed by atoms with Gasteiger partial charge < -0.3 is 19.3 Å². The van der Waals surface area contributed by atoms with E-state index in [2.05, 4.69) is 12.1 Å². The fourth-order valence-electron chi connectivity index (χ4n) is 4.63. The highest BCUT2D eigenvalue weighted by Crippen LogP contribution is 2.32. The Balaban J connectivity index is 1.20. The maximum absolute atomic E-state index is 13.0. The number of amides is 2. The predicted octanol–water partition coefficient (Wildman–Crippen LogP) is -0.316. The number of ether oxygens (including phenoxy) is 2. The van der Waals surface area contributed by atoms with E-state index in [1.54, 1.807) is 24.3 Å². The molecule has 2 N–H and O–H groups in total. The van der Waals surface area contributed by atoms with Gasteiger partial charge in [-0.3, -0.25) is 9.59 Å². The molecule has 3 aliphatic rings. The van der Waals surface area contributed by atoms with Crippen LogP contribution in [0.1, 0.15) is 12.0 Å². The molecule has 3 heterocycles. The number of hydrogen-bond donors (Lipinski definition) is 2. The lowest BCUT2D eigenvalue weighted by Crippen LogP contribution is -3.29. The lowest BCUT2D eigenvalue weighted by molar-refractivity contribution is -1.02. The number of rotatable bonds is 4. The molecule has 0 spiro atoms. The van der Waals surface area contributed by atoms with Crippen molar-refractivity contribution in [3.05, 3.63) is 53.1 Å². The van der Waals surface area contributed by atoms with E-state index in [-0.39, 0.29) is 31.1 Å². The summed E-state index contributed by atoms with van der Waals surface area (Å²) in [6.07, 6.45) is 0.262. The van der Waals surface area contributed by atoms with Crippen LogP contribution in [0.15, 0.2) is 42.5 Å². The number of fused-ring (bicyclic) bond motifs is 1. The normalized spacial score (nSPS) is 25.8. The van der Waals surface area contributed by atoms with E-state index in [0.29, 0.717) is 10.7 Å². The van der Waals surface area contributed by atoms with E-state index >= 15 is 0 Å². The summed E-state index contributed by atoms with van der Waals surface area (Å²) in [4.78, 5) is 29.6. The van der Waals surface area contributed by atoms with Crippen molar-refractivity contribution in [2.24, 2.45) is 0 Å². The summed E-state index contributed by atoms with van der Waals surface area (Å²) in [5.74, 6) is 1.36. The highest BCUT2D eigenvalue weighted by Gasteiger charge is 2.47. The average molecular weight is 430 g/mol. The Labute approximate surface area is 179 Å². The fraction of sp³-hybridized carbons (Fsp3) is 0.364. The number of quaternary nitrogens is 2. The molecule has 2 amide bonds. The summed E-state index contributed by atoms with van der Waals surface area (Å²) in [6.45, 7) is 4.85. The molecule has 1 atom stereocenters. The number of imide groups is 1. The minimum Gasteiger partial charge on any atom is -0.454 e. The van der Waals surface area contributed by atoms with Gasteiger partial charge in [-0.2, -0.15) is 0 Å². The molecule has 156 valence electrons. The first kappa shape index (κ1) is 19.4. The van der Waals surface area contributed by atoms with E-state index in [1.807, 2.05) is 6.07 Å². The highest BCUT2D eigenvalue weighted by molar-refractivity contribution is 6.31. The quantitative estimate of drug-likeness (QED) is 0.654. The zero-order valence-electron chi connectivity index (χ0n) is 16.5. The third-order valence-corrected chi connectivity index (χ3v) is 6.43. The van der Waals surface area contributed by atoms with E-state index in [4.69, 9.17) is 21.1 Å². The van der Waals surface area contributed by atoms with Crippen LogP contribution in [-0.4, -0.2) is 50.8 Å². The standard InChI is InChI=1S/C22H22ClN3O4/c23-16-2-1-3-17(11-16)26-21(27)12-18(22(26)28)25-8-6-24(7-9-25)13-15-4-5-19-20(10-15)30-14-29-19/h1-5,10-11,18H,6-9,12-14H2/p+2/t18-/m1/s1. The maximum atomic E-state index is 13.0. The summed E-state index contributed by atoms with van der Waals surface area (Å²) in [5, 5.41) is 0.518. The largest absolute Gasteiger partial charge is 0.454 e. The van der Waals surface area contributed by atoms with Crippen LogP contribution in [0.2, 0.25) is 5.02 Å². The molecule has 3 aliphatic heterocycles. The number of piperazine rings is 1. The van der Waals surface area contributed by atoms with Crippen LogP contribution in [0.3, 0.4) is 0 Å². The third-order valence-electron chi connectivity index (χ3n) is 6.20. The number of halogens is 1. The molecule has 0 bridgehead atoms. The Bertz CT molecular complexity index is 990. The Morgan fingerprint density at radius 3 is 2.60 bits per heavy atom. The van der Waals surface area contributed by atoms with Crippen molar-refractivity contribution in [1.29, 1.82) is 0 Å². The van der Waals surface area contributed by atoms with Crippen molar-refractivity contribution in [2.75, 3.05) is 37.9 Å². The Hall–Kier alpha value is -2.61. The molecule has 5 rings (SSSR count). The van der Waals surface area contributed by atoms with Crippen molar-refractivity contribution in [3.63, 3.8) is 0 Å². The number of benzene rings is 2. The SMILES string of the molecule is O=C1C[C@@H]([NH+]2CC[NH+](Cc3ccc4c(c3)OCO4)CC2)C(=O)N1c1cccc(Cl)c1. The average Bonchev–Trinajstić information content (AvgIpc) is 3.32. The van der Waals surface area contributed by atoms with Gasteiger partial charge in [0.15, 0.2) is 17.5 Å². The smallest absolute Gasteiger partial charge is 0.292 e. The fourth-order valence-corrected chi connectivity index (χ4v) is 4.81. The van der Waals surface area contributed by atoms with E-state index in [9.17, 15) is 9.59 Å². The van der Waals surface area contributed by atoms with Crippen molar-refractivity contribution in [1.82, 2.24) is 0 Å². The molecule has 2 fully saturated rings. The van der Waals surface area contributed by atoms with Crippen LogP contribution in [0.5, 0.6) is 11.5 Å². The van der Waals surface area contributed by atoms with Crippen LogP contribution >= 0.6 is 11.6 Å². The third kappa shape index (κ3) is 3.64. The monoisotopic (exact) mass is 429 g/mol. The second-order valence-electron chi connectivity index (χ2n) is 8.08. The molecule has 0 radical (unpaired) electrons. The first-order valence-electron chi connectivity index (χ1n) is 10.3.